The molecule has 21 heavy (non-hydrogen) atoms. The minimum Gasteiger partial charge on any atom is -0.382 e. The van der Waals surface area contributed by atoms with E-state index in [1.807, 2.05) is 0 Å². The number of benzene rings is 1. The molecule has 0 heterocycles. The third kappa shape index (κ3) is 4.73. The molecule has 3 nitrogen and oxygen atoms in total. The maximum absolute atomic E-state index is 13.6. The molecule has 4 heteroatoms. The van der Waals surface area contributed by atoms with Gasteiger partial charge in [-0.3, -0.25) is 4.79 Å². The maximum atomic E-state index is 13.6. The summed E-state index contributed by atoms with van der Waals surface area (Å²) in [6.45, 7) is 3.65. The molecule has 0 aromatic heterocycles. The molecule has 2 N–H and O–H groups in total. The quantitative estimate of drug-likeness (QED) is 0.799. The van der Waals surface area contributed by atoms with Gasteiger partial charge in [-0.05, 0) is 43.4 Å². The monoisotopic (exact) mass is 292 g/mol. The second kappa shape index (κ2) is 7.43. The first-order chi connectivity index (χ1) is 10.1. The van der Waals surface area contributed by atoms with E-state index in [9.17, 15) is 9.18 Å². The van der Waals surface area contributed by atoms with E-state index in [0.29, 0.717) is 6.04 Å². The summed E-state index contributed by atoms with van der Waals surface area (Å²) >= 11 is 0. The van der Waals surface area contributed by atoms with Crippen LogP contribution in [0.5, 0.6) is 0 Å². The number of halogens is 1. The molecule has 0 aliphatic heterocycles. The summed E-state index contributed by atoms with van der Waals surface area (Å²) in [4.78, 5) is 11.1. The highest BCUT2D eigenvalue weighted by Gasteiger charge is 2.18. The lowest BCUT2D eigenvalue weighted by Gasteiger charge is -2.19. The van der Waals surface area contributed by atoms with Gasteiger partial charge >= 0.3 is 0 Å². The number of anilines is 2. The lowest BCUT2D eigenvalue weighted by Crippen LogP contribution is -2.18. The Balaban J connectivity index is 2.00. The Morgan fingerprint density at radius 2 is 2.10 bits per heavy atom. The molecule has 0 bridgehead atoms. The lowest BCUT2D eigenvalue weighted by atomic mass is 9.98. The molecular weight excluding hydrogens is 267 g/mol. The Kier molecular flexibility index (Phi) is 5.59. The standard InChI is InChI=1S/C17H25FN2O/c1-3-13-5-4-6-14(8-7-13)20-15-9-10-16(18)17(11-15)19-12(2)21/h9-11,13-14,20H,3-8H2,1-2H3,(H,19,21). The van der Waals surface area contributed by atoms with Gasteiger partial charge in [-0.1, -0.05) is 26.2 Å². The van der Waals surface area contributed by atoms with Gasteiger partial charge in [0.05, 0.1) is 5.69 Å². The molecule has 0 spiro atoms. The summed E-state index contributed by atoms with van der Waals surface area (Å²) in [6, 6.07) is 5.26. The Labute approximate surface area is 126 Å². The van der Waals surface area contributed by atoms with E-state index in [4.69, 9.17) is 0 Å². The Bertz CT molecular complexity index is 490. The Morgan fingerprint density at radius 1 is 1.29 bits per heavy atom. The van der Waals surface area contributed by atoms with Crippen molar-refractivity contribution in [1.29, 1.82) is 0 Å². The summed E-state index contributed by atoms with van der Waals surface area (Å²) in [6.07, 6.45) is 7.39. The van der Waals surface area contributed by atoms with Gasteiger partial charge in [0.15, 0.2) is 0 Å². The van der Waals surface area contributed by atoms with Crippen molar-refractivity contribution in [3.8, 4) is 0 Å². The first kappa shape index (κ1) is 15.8. The van der Waals surface area contributed by atoms with Gasteiger partial charge in [0.1, 0.15) is 5.82 Å². The number of carbonyl (C=O) groups is 1. The summed E-state index contributed by atoms with van der Waals surface area (Å²) in [5.41, 5.74) is 1.12. The average molecular weight is 292 g/mol. The van der Waals surface area contributed by atoms with Gasteiger partial charge in [0.25, 0.3) is 0 Å². The highest BCUT2D eigenvalue weighted by molar-refractivity contribution is 5.89. The zero-order valence-electron chi connectivity index (χ0n) is 12.9. The van der Waals surface area contributed by atoms with Crippen LogP contribution in [0, 0.1) is 11.7 Å². The van der Waals surface area contributed by atoms with Crippen molar-refractivity contribution in [2.75, 3.05) is 10.6 Å². The Hall–Kier alpha value is -1.58. The molecule has 1 amide bonds. The second-order valence-corrected chi connectivity index (χ2v) is 6.00. The minimum atomic E-state index is -0.400. The minimum absolute atomic E-state index is 0.243. The number of amides is 1. The van der Waals surface area contributed by atoms with Gasteiger partial charge in [0.2, 0.25) is 5.91 Å². The number of rotatable bonds is 4. The van der Waals surface area contributed by atoms with Gasteiger partial charge in [-0.15, -0.1) is 0 Å². The van der Waals surface area contributed by atoms with Crippen LogP contribution in [0.25, 0.3) is 0 Å². The van der Waals surface area contributed by atoms with Crippen molar-refractivity contribution >= 4 is 17.3 Å². The molecule has 2 rings (SSSR count). The summed E-state index contributed by atoms with van der Waals surface area (Å²) in [5, 5.41) is 6.01. The van der Waals surface area contributed by atoms with Crippen molar-refractivity contribution in [2.45, 2.75) is 58.4 Å². The molecule has 0 radical (unpaired) electrons. The maximum Gasteiger partial charge on any atom is 0.221 e. The van der Waals surface area contributed by atoms with Gasteiger partial charge in [-0.2, -0.15) is 0 Å². The van der Waals surface area contributed by atoms with Crippen molar-refractivity contribution < 1.29 is 9.18 Å². The molecule has 116 valence electrons. The van der Waals surface area contributed by atoms with E-state index in [0.717, 1.165) is 24.4 Å². The molecule has 2 unspecified atom stereocenters. The van der Waals surface area contributed by atoms with Gasteiger partial charge in [0, 0.05) is 18.7 Å². The molecule has 1 aliphatic carbocycles. The fraction of sp³-hybridized carbons (Fsp3) is 0.588. The van der Waals surface area contributed by atoms with E-state index in [1.54, 1.807) is 12.1 Å². The highest BCUT2D eigenvalue weighted by atomic mass is 19.1. The van der Waals surface area contributed by atoms with Crippen LogP contribution in [0.1, 0.15) is 52.4 Å². The molecule has 1 aromatic carbocycles. The van der Waals surface area contributed by atoms with Gasteiger partial charge < -0.3 is 10.6 Å². The summed E-state index contributed by atoms with van der Waals surface area (Å²) in [7, 11) is 0. The van der Waals surface area contributed by atoms with Crippen LogP contribution in [-0.2, 0) is 4.79 Å². The smallest absolute Gasteiger partial charge is 0.221 e. The molecule has 0 saturated heterocycles. The van der Waals surface area contributed by atoms with Crippen LogP contribution < -0.4 is 10.6 Å². The highest BCUT2D eigenvalue weighted by Crippen LogP contribution is 2.28. The fourth-order valence-electron chi connectivity index (χ4n) is 3.07. The summed E-state index contributed by atoms with van der Waals surface area (Å²) in [5.74, 6) is 0.189. The van der Waals surface area contributed by atoms with E-state index >= 15 is 0 Å². The SMILES string of the molecule is CCC1CCCC(Nc2ccc(F)c(NC(C)=O)c2)CC1. The zero-order chi connectivity index (χ0) is 15.2. The summed E-state index contributed by atoms with van der Waals surface area (Å²) < 4.78 is 13.6. The Morgan fingerprint density at radius 3 is 2.81 bits per heavy atom. The van der Waals surface area contributed by atoms with Crippen LogP contribution in [0.2, 0.25) is 0 Å². The average Bonchev–Trinajstić information content (AvgIpc) is 2.67. The molecule has 1 aromatic rings. The van der Waals surface area contributed by atoms with E-state index in [-0.39, 0.29) is 11.6 Å². The molecule has 1 fully saturated rings. The zero-order valence-corrected chi connectivity index (χ0v) is 12.9. The molecule has 1 aliphatic rings. The predicted molar refractivity (Wildman–Crippen MR) is 85.0 cm³/mol. The van der Waals surface area contributed by atoms with Crippen molar-refractivity contribution in [1.82, 2.24) is 0 Å². The number of nitrogens with one attached hydrogen (secondary N) is 2. The first-order valence-electron chi connectivity index (χ1n) is 7.92. The van der Waals surface area contributed by atoms with E-state index in [1.165, 1.54) is 38.7 Å². The molecule has 1 saturated carbocycles. The lowest BCUT2D eigenvalue weighted by molar-refractivity contribution is -0.114. The molecular formula is C17H25FN2O. The van der Waals surface area contributed by atoms with Crippen molar-refractivity contribution in [3.63, 3.8) is 0 Å². The van der Waals surface area contributed by atoms with Crippen LogP contribution in [0.3, 0.4) is 0 Å². The van der Waals surface area contributed by atoms with Crippen LogP contribution in [0.15, 0.2) is 18.2 Å². The van der Waals surface area contributed by atoms with Crippen LogP contribution in [0.4, 0.5) is 15.8 Å². The van der Waals surface area contributed by atoms with Crippen LogP contribution in [-0.4, -0.2) is 11.9 Å². The number of hydrogen-bond acceptors (Lipinski definition) is 2. The normalized spacial score (nSPS) is 22.4. The van der Waals surface area contributed by atoms with E-state index in [2.05, 4.69) is 17.6 Å². The van der Waals surface area contributed by atoms with Gasteiger partial charge in [-0.25, -0.2) is 4.39 Å². The van der Waals surface area contributed by atoms with Crippen LogP contribution >= 0.6 is 0 Å². The van der Waals surface area contributed by atoms with Crippen molar-refractivity contribution in [2.24, 2.45) is 5.92 Å². The number of hydrogen-bond donors (Lipinski definition) is 2. The van der Waals surface area contributed by atoms with Crippen molar-refractivity contribution in [3.05, 3.63) is 24.0 Å². The molecule has 2 atom stereocenters. The second-order valence-electron chi connectivity index (χ2n) is 6.00. The third-order valence-electron chi connectivity index (χ3n) is 4.31. The predicted octanol–water partition coefficient (Wildman–Crippen LogP) is 4.55. The van der Waals surface area contributed by atoms with E-state index < -0.39 is 5.82 Å². The largest absolute Gasteiger partial charge is 0.382 e. The first-order valence-corrected chi connectivity index (χ1v) is 7.92. The third-order valence-corrected chi connectivity index (χ3v) is 4.31. The topological polar surface area (TPSA) is 41.1 Å². The number of carbonyl (C=O) groups excluding carboxylic acids is 1. The fourth-order valence-corrected chi connectivity index (χ4v) is 3.07.